The van der Waals surface area contributed by atoms with Gasteiger partial charge in [-0.2, -0.15) is 5.10 Å². The molecule has 0 saturated heterocycles. The van der Waals surface area contributed by atoms with Crippen LogP contribution in [0.15, 0.2) is 28.6 Å². The van der Waals surface area contributed by atoms with Crippen molar-refractivity contribution in [2.75, 3.05) is 16.3 Å². The Morgan fingerprint density at radius 3 is 2.45 bits per heavy atom. The molecule has 0 aliphatic heterocycles. The number of sulfonamides is 1. The first kappa shape index (κ1) is 21.8. The average Bonchev–Trinajstić information content (AvgIpc) is 3.20. The number of hydrogen-bond donors (Lipinski definition) is 0. The Morgan fingerprint density at radius 1 is 1.24 bits per heavy atom. The molecule has 0 unspecified atom stereocenters. The van der Waals surface area contributed by atoms with Gasteiger partial charge in [0.25, 0.3) is 5.91 Å². The zero-order valence-electron chi connectivity index (χ0n) is 16.1. The van der Waals surface area contributed by atoms with Crippen LogP contribution in [0, 0.1) is 13.8 Å². The van der Waals surface area contributed by atoms with Crippen molar-refractivity contribution in [2.45, 2.75) is 18.2 Å². The van der Waals surface area contributed by atoms with Crippen molar-refractivity contribution in [1.82, 2.24) is 20.0 Å². The quantitative estimate of drug-likeness (QED) is 0.508. The molecular formula is C17H18ClN5O3S3. The maximum atomic E-state index is 12.8. The summed E-state index contributed by atoms with van der Waals surface area (Å²) in [6, 6.07) is 7.19. The van der Waals surface area contributed by atoms with Gasteiger partial charge in [-0.05, 0) is 26.0 Å². The first-order valence-electron chi connectivity index (χ1n) is 8.33. The summed E-state index contributed by atoms with van der Waals surface area (Å²) < 4.78 is 27.6. The monoisotopic (exact) mass is 471 g/mol. The molecule has 0 saturated carbocycles. The lowest BCUT2D eigenvalue weighted by atomic mass is 10.2. The van der Waals surface area contributed by atoms with Gasteiger partial charge in [0.15, 0.2) is 4.34 Å². The molecule has 0 radical (unpaired) electrons. The maximum absolute atomic E-state index is 12.8. The fourth-order valence-electron chi connectivity index (χ4n) is 2.69. The molecule has 12 heteroatoms. The van der Waals surface area contributed by atoms with E-state index in [0.29, 0.717) is 31.4 Å². The molecule has 0 atom stereocenters. The summed E-state index contributed by atoms with van der Waals surface area (Å²) in [6.45, 7) is 3.39. The van der Waals surface area contributed by atoms with E-state index in [1.54, 1.807) is 37.7 Å². The van der Waals surface area contributed by atoms with Crippen LogP contribution >= 0.6 is 34.7 Å². The van der Waals surface area contributed by atoms with E-state index in [-0.39, 0.29) is 5.75 Å². The highest BCUT2D eigenvalue weighted by molar-refractivity contribution is 8.02. The molecule has 29 heavy (non-hydrogen) atoms. The predicted molar refractivity (Wildman–Crippen MR) is 116 cm³/mol. The van der Waals surface area contributed by atoms with E-state index in [4.69, 9.17) is 11.6 Å². The summed E-state index contributed by atoms with van der Waals surface area (Å²) in [5.74, 6) is -0.671. The van der Waals surface area contributed by atoms with Crippen LogP contribution in [0.25, 0.3) is 10.6 Å². The molecule has 8 nitrogen and oxygen atoms in total. The van der Waals surface area contributed by atoms with E-state index in [1.165, 1.54) is 11.3 Å². The largest absolute Gasteiger partial charge is 0.272 e. The van der Waals surface area contributed by atoms with Crippen molar-refractivity contribution >= 4 is 56.3 Å². The Balaban J connectivity index is 1.79. The summed E-state index contributed by atoms with van der Waals surface area (Å²) >= 11 is 8.36. The van der Waals surface area contributed by atoms with Gasteiger partial charge < -0.3 is 0 Å². The topological polar surface area (TPSA) is 98.1 Å². The smallest absolute Gasteiger partial charge is 0.251 e. The molecular weight excluding hydrogens is 454 g/mol. The summed E-state index contributed by atoms with van der Waals surface area (Å²) in [5, 5.41) is 13.7. The van der Waals surface area contributed by atoms with E-state index in [9.17, 15) is 13.2 Å². The Bertz CT molecular complexity index is 1160. The zero-order chi connectivity index (χ0) is 21.3. The Hall–Kier alpha value is -1.95. The van der Waals surface area contributed by atoms with Crippen molar-refractivity contribution in [3.05, 3.63) is 40.7 Å². The average molecular weight is 472 g/mol. The number of hydrogen-bond acceptors (Lipinski definition) is 8. The molecule has 0 aliphatic carbocycles. The fourth-order valence-corrected chi connectivity index (χ4v) is 5.64. The Kier molecular flexibility index (Phi) is 6.32. The Morgan fingerprint density at radius 2 is 1.90 bits per heavy atom. The van der Waals surface area contributed by atoms with Gasteiger partial charge in [-0.15, -0.1) is 10.2 Å². The van der Waals surface area contributed by atoms with Gasteiger partial charge in [0.1, 0.15) is 10.7 Å². The molecule has 2 aromatic heterocycles. The maximum Gasteiger partial charge on any atom is 0.251 e. The van der Waals surface area contributed by atoms with Gasteiger partial charge in [0.2, 0.25) is 10.0 Å². The van der Waals surface area contributed by atoms with Crippen LogP contribution < -0.4 is 4.31 Å². The summed E-state index contributed by atoms with van der Waals surface area (Å²) in [5.41, 5.74) is 2.21. The second-order valence-electron chi connectivity index (χ2n) is 6.23. The van der Waals surface area contributed by atoms with Crippen LogP contribution in [0.4, 0.5) is 5.69 Å². The van der Waals surface area contributed by atoms with Crippen LogP contribution in [0.5, 0.6) is 0 Å². The van der Waals surface area contributed by atoms with Crippen molar-refractivity contribution in [2.24, 2.45) is 7.05 Å². The number of carbonyl (C=O) groups excluding carboxylic acids is 1. The third-order valence-electron chi connectivity index (χ3n) is 4.05. The lowest BCUT2D eigenvalue weighted by molar-refractivity contribution is -0.115. The summed E-state index contributed by atoms with van der Waals surface area (Å²) in [6.07, 6.45) is 1.00. The summed E-state index contributed by atoms with van der Waals surface area (Å²) in [7, 11) is -2.12. The van der Waals surface area contributed by atoms with Gasteiger partial charge in [-0.1, -0.05) is 46.8 Å². The van der Waals surface area contributed by atoms with E-state index >= 15 is 0 Å². The lowest BCUT2D eigenvalue weighted by Crippen LogP contribution is -2.38. The molecule has 3 aromatic rings. The molecule has 0 N–H and O–H groups in total. The summed E-state index contributed by atoms with van der Waals surface area (Å²) in [4.78, 5) is 12.8. The van der Waals surface area contributed by atoms with Crippen LogP contribution in [0.3, 0.4) is 0 Å². The van der Waals surface area contributed by atoms with Crippen molar-refractivity contribution < 1.29 is 13.2 Å². The highest BCUT2D eigenvalue weighted by Crippen LogP contribution is 2.32. The van der Waals surface area contributed by atoms with Crippen LogP contribution in [-0.2, 0) is 21.9 Å². The molecule has 1 aromatic carbocycles. The molecule has 154 valence electrons. The number of aromatic nitrogens is 4. The normalized spacial score (nSPS) is 11.6. The van der Waals surface area contributed by atoms with E-state index < -0.39 is 15.9 Å². The third kappa shape index (κ3) is 4.80. The molecule has 0 bridgehead atoms. The van der Waals surface area contributed by atoms with E-state index in [0.717, 1.165) is 27.9 Å². The van der Waals surface area contributed by atoms with Gasteiger partial charge in [0.05, 0.1) is 23.4 Å². The highest BCUT2D eigenvalue weighted by Gasteiger charge is 2.30. The number of halogens is 1. The highest BCUT2D eigenvalue weighted by atomic mass is 35.5. The molecule has 0 aliphatic rings. The molecule has 1 amide bonds. The van der Waals surface area contributed by atoms with Gasteiger partial charge in [0, 0.05) is 17.6 Å². The van der Waals surface area contributed by atoms with E-state index in [2.05, 4.69) is 15.3 Å². The molecule has 0 fully saturated rings. The number of anilines is 1. The first-order valence-corrected chi connectivity index (χ1v) is 12.4. The molecule has 2 heterocycles. The second-order valence-corrected chi connectivity index (χ2v) is 10.7. The van der Waals surface area contributed by atoms with E-state index in [1.807, 2.05) is 12.1 Å². The van der Waals surface area contributed by atoms with Crippen molar-refractivity contribution in [3.8, 4) is 10.6 Å². The lowest BCUT2D eigenvalue weighted by Gasteiger charge is -2.20. The minimum Gasteiger partial charge on any atom is -0.272 e. The van der Waals surface area contributed by atoms with Gasteiger partial charge in [-0.25, -0.2) is 12.7 Å². The fraction of sp³-hybridized carbons (Fsp3) is 0.294. The Labute approximate surface area is 181 Å². The number of thioether (sulfide) groups is 1. The van der Waals surface area contributed by atoms with Gasteiger partial charge in [-0.3, -0.25) is 9.48 Å². The third-order valence-corrected chi connectivity index (χ3v) is 7.44. The van der Waals surface area contributed by atoms with Crippen LogP contribution in [0.1, 0.15) is 11.4 Å². The molecule has 3 rings (SSSR count). The number of amides is 1. The number of nitrogens with zero attached hydrogens (tertiary/aromatic N) is 5. The number of rotatable bonds is 6. The minimum absolute atomic E-state index is 0.101. The number of benzene rings is 1. The number of carbonyl (C=O) groups is 1. The standard InChI is InChI=1S/C17H18ClN5O3S3/c1-10-15(11(2)22(3)21-10)23(29(4,25)26)14(24)9-27-17-20-19-16(28-17)12-5-7-13(18)8-6-12/h5-8H,9H2,1-4H3. The van der Waals surface area contributed by atoms with Crippen molar-refractivity contribution in [3.63, 3.8) is 0 Å². The number of aryl methyl sites for hydroxylation is 2. The minimum atomic E-state index is -3.82. The van der Waals surface area contributed by atoms with Gasteiger partial charge >= 0.3 is 0 Å². The SMILES string of the molecule is Cc1nn(C)c(C)c1N(C(=O)CSc1nnc(-c2ccc(Cl)cc2)s1)S(C)(=O)=O. The van der Waals surface area contributed by atoms with Crippen LogP contribution in [0.2, 0.25) is 5.02 Å². The van der Waals surface area contributed by atoms with Crippen molar-refractivity contribution in [1.29, 1.82) is 0 Å². The predicted octanol–water partition coefficient (Wildman–Crippen LogP) is 3.29. The zero-order valence-corrected chi connectivity index (χ0v) is 19.3. The second kappa shape index (κ2) is 8.42. The van der Waals surface area contributed by atoms with Crippen LogP contribution in [-0.4, -0.2) is 46.3 Å². The first-order chi connectivity index (χ1) is 13.6. The molecule has 0 spiro atoms.